The average Bonchev–Trinajstić information content (AvgIpc) is 3.21. The molecule has 5 rings (SSSR count). The molecule has 1 saturated carbocycles. The van der Waals surface area contributed by atoms with Crippen LogP contribution in [0.3, 0.4) is 0 Å². The number of nitrogens with zero attached hydrogens (tertiary/aromatic N) is 5. The summed E-state index contributed by atoms with van der Waals surface area (Å²) < 4.78 is 5.58. The number of amides is 1. The van der Waals surface area contributed by atoms with Crippen LogP contribution < -0.4 is 0 Å². The number of aromatic amines is 1. The van der Waals surface area contributed by atoms with Gasteiger partial charge in [-0.2, -0.15) is 4.98 Å². The van der Waals surface area contributed by atoms with Crippen LogP contribution in [0, 0.1) is 5.92 Å². The molecule has 144 valence electrons. The van der Waals surface area contributed by atoms with E-state index in [1.54, 1.807) is 18.6 Å². The van der Waals surface area contributed by atoms with E-state index in [1.165, 1.54) is 19.2 Å². The minimum Gasteiger partial charge on any atom is -0.341 e. The lowest BCUT2D eigenvalue weighted by atomic mass is 9.73. The van der Waals surface area contributed by atoms with Crippen LogP contribution in [0.4, 0.5) is 0 Å². The Bertz CT molecular complexity index is 940. The van der Waals surface area contributed by atoms with Gasteiger partial charge in [0.1, 0.15) is 5.69 Å². The molecular formula is C20H22N6O2. The van der Waals surface area contributed by atoms with Gasteiger partial charge in [-0.15, -0.1) is 0 Å². The van der Waals surface area contributed by atoms with E-state index in [1.807, 2.05) is 17.0 Å². The van der Waals surface area contributed by atoms with E-state index < -0.39 is 0 Å². The molecule has 2 fully saturated rings. The minimum atomic E-state index is -0.124. The first-order valence-electron chi connectivity index (χ1n) is 9.76. The number of imidazole rings is 1. The van der Waals surface area contributed by atoms with Gasteiger partial charge in [-0.25, -0.2) is 4.98 Å². The SMILES string of the molecule is O=C(c1cnc[nH]1)N1CCC(CC2CC2)(c2noc(-c3ccncc3)n2)CC1. The van der Waals surface area contributed by atoms with E-state index >= 15 is 0 Å². The summed E-state index contributed by atoms with van der Waals surface area (Å²) in [4.78, 5) is 30.2. The van der Waals surface area contributed by atoms with Crippen molar-refractivity contribution in [1.82, 2.24) is 30.0 Å². The third-order valence-electron chi connectivity index (χ3n) is 5.94. The Morgan fingerprint density at radius 3 is 2.68 bits per heavy atom. The number of hydrogen-bond donors (Lipinski definition) is 1. The molecule has 4 heterocycles. The second-order valence-corrected chi connectivity index (χ2v) is 7.84. The standard InChI is InChI=1S/C20H22N6O2/c27-18(16-12-22-13-23-16)26-9-5-20(6-10-26,11-14-1-2-14)19-24-17(28-25-19)15-3-7-21-8-4-15/h3-4,7-8,12-14H,1-2,5-6,9-11H2,(H,22,23). The van der Waals surface area contributed by atoms with Crippen molar-refractivity contribution in [2.75, 3.05) is 13.1 Å². The summed E-state index contributed by atoms with van der Waals surface area (Å²) in [6.45, 7) is 1.37. The van der Waals surface area contributed by atoms with E-state index in [4.69, 9.17) is 9.51 Å². The Labute approximate surface area is 162 Å². The zero-order chi connectivity index (χ0) is 19.0. The summed E-state index contributed by atoms with van der Waals surface area (Å²) >= 11 is 0. The molecule has 3 aromatic rings. The van der Waals surface area contributed by atoms with Crippen molar-refractivity contribution in [3.8, 4) is 11.5 Å². The van der Waals surface area contributed by atoms with Crippen LogP contribution >= 0.6 is 0 Å². The lowest BCUT2D eigenvalue weighted by Crippen LogP contribution is -2.46. The Kier molecular flexibility index (Phi) is 4.18. The fourth-order valence-corrected chi connectivity index (χ4v) is 4.13. The average molecular weight is 378 g/mol. The first-order valence-corrected chi connectivity index (χ1v) is 9.76. The van der Waals surface area contributed by atoms with Crippen LogP contribution in [0.25, 0.3) is 11.5 Å². The van der Waals surface area contributed by atoms with Crippen LogP contribution in [-0.4, -0.2) is 49.0 Å². The molecule has 3 aromatic heterocycles. The largest absolute Gasteiger partial charge is 0.341 e. The number of carbonyl (C=O) groups is 1. The van der Waals surface area contributed by atoms with Crippen molar-refractivity contribution in [1.29, 1.82) is 0 Å². The van der Waals surface area contributed by atoms with E-state index in [9.17, 15) is 4.79 Å². The van der Waals surface area contributed by atoms with Gasteiger partial charge in [0.2, 0.25) is 0 Å². The fraction of sp³-hybridized carbons (Fsp3) is 0.450. The van der Waals surface area contributed by atoms with Gasteiger partial charge in [-0.1, -0.05) is 18.0 Å². The lowest BCUT2D eigenvalue weighted by Gasteiger charge is -2.40. The fourth-order valence-electron chi connectivity index (χ4n) is 4.13. The van der Waals surface area contributed by atoms with Crippen molar-refractivity contribution in [2.45, 2.75) is 37.5 Å². The molecule has 28 heavy (non-hydrogen) atoms. The number of likely N-dealkylation sites (tertiary alicyclic amines) is 1. The third kappa shape index (κ3) is 3.19. The number of piperidine rings is 1. The molecule has 0 atom stereocenters. The van der Waals surface area contributed by atoms with Crippen LogP contribution in [0.1, 0.15) is 48.4 Å². The van der Waals surface area contributed by atoms with E-state index in [0.29, 0.717) is 24.7 Å². The first kappa shape index (κ1) is 17.1. The summed E-state index contributed by atoms with van der Waals surface area (Å²) in [5, 5.41) is 4.36. The van der Waals surface area contributed by atoms with Gasteiger partial charge in [0.25, 0.3) is 11.8 Å². The monoisotopic (exact) mass is 378 g/mol. The van der Waals surface area contributed by atoms with Crippen LogP contribution in [0.15, 0.2) is 41.6 Å². The molecule has 2 aliphatic rings. The molecule has 1 N–H and O–H groups in total. The minimum absolute atomic E-state index is 0.00288. The predicted octanol–water partition coefficient (Wildman–Crippen LogP) is 2.83. The number of nitrogens with one attached hydrogen (secondary N) is 1. The molecule has 0 aromatic carbocycles. The van der Waals surface area contributed by atoms with Crippen molar-refractivity contribution >= 4 is 5.91 Å². The second kappa shape index (κ2) is 6.85. The number of hydrogen-bond acceptors (Lipinski definition) is 6. The molecule has 1 amide bonds. The highest BCUT2D eigenvalue weighted by molar-refractivity contribution is 5.92. The normalized spacial score (nSPS) is 18.9. The van der Waals surface area contributed by atoms with Crippen LogP contribution in [0.5, 0.6) is 0 Å². The van der Waals surface area contributed by atoms with Crippen LogP contribution in [0.2, 0.25) is 0 Å². The molecule has 0 radical (unpaired) electrons. The molecule has 0 unspecified atom stereocenters. The first-order chi connectivity index (χ1) is 13.7. The molecule has 1 aliphatic heterocycles. The van der Waals surface area contributed by atoms with E-state index in [-0.39, 0.29) is 11.3 Å². The Balaban J connectivity index is 1.37. The molecule has 0 spiro atoms. The highest BCUT2D eigenvalue weighted by Crippen LogP contribution is 2.46. The molecular weight excluding hydrogens is 356 g/mol. The molecule has 1 aliphatic carbocycles. The van der Waals surface area contributed by atoms with Gasteiger partial charge in [-0.05, 0) is 37.3 Å². The maximum absolute atomic E-state index is 12.6. The summed E-state index contributed by atoms with van der Waals surface area (Å²) in [6, 6.07) is 3.74. The Morgan fingerprint density at radius 2 is 2.00 bits per heavy atom. The van der Waals surface area contributed by atoms with E-state index in [0.717, 1.165) is 36.6 Å². The van der Waals surface area contributed by atoms with Crippen LogP contribution in [-0.2, 0) is 5.41 Å². The van der Waals surface area contributed by atoms with Crippen molar-refractivity contribution < 1.29 is 9.32 Å². The molecule has 0 bridgehead atoms. The third-order valence-corrected chi connectivity index (χ3v) is 5.94. The summed E-state index contributed by atoms with van der Waals surface area (Å²) in [5.74, 6) is 2.05. The maximum Gasteiger partial charge on any atom is 0.271 e. The zero-order valence-electron chi connectivity index (χ0n) is 15.5. The summed E-state index contributed by atoms with van der Waals surface area (Å²) in [5.41, 5.74) is 1.29. The van der Waals surface area contributed by atoms with Gasteiger partial charge in [0, 0.05) is 36.5 Å². The molecule has 8 heteroatoms. The lowest BCUT2D eigenvalue weighted by molar-refractivity contribution is 0.0640. The van der Waals surface area contributed by atoms with Crippen molar-refractivity contribution in [3.05, 3.63) is 48.6 Å². The number of H-pyrrole nitrogens is 1. The predicted molar refractivity (Wildman–Crippen MR) is 100 cm³/mol. The quantitative estimate of drug-likeness (QED) is 0.733. The number of carbonyl (C=O) groups excluding carboxylic acids is 1. The second-order valence-electron chi connectivity index (χ2n) is 7.84. The van der Waals surface area contributed by atoms with Gasteiger partial charge >= 0.3 is 0 Å². The van der Waals surface area contributed by atoms with Gasteiger partial charge in [0.15, 0.2) is 5.82 Å². The van der Waals surface area contributed by atoms with Crippen molar-refractivity contribution in [3.63, 3.8) is 0 Å². The Morgan fingerprint density at radius 1 is 1.21 bits per heavy atom. The van der Waals surface area contributed by atoms with Gasteiger partial charge in [-0.3, -0.25) is 9.78 Å². The zero-order valence-corrected chi connectivity index (χ0v) is 15.5. The van der Waals surface area contributed by atoms with Gasteiger partial charge in [0.05, 0.1) is 12.5 Å². The van der Waals surface area contributed by atoms with E-state index in [2.05, 4.69) is 20.1 Å². The topological polar surface area (TPSA) is 101 Å². The molecule has 8 nitrogen and oxygen atoms in total. The number of rotatable bonds is 5. The van der Waals surface area contributed by atoms with Crippen molar-refractivity contribution in [2.24, 2.45) is 5.92 Å². The summed E-state index contributed by atoms with van der Waals surface area (Å²) in [6.07, 6.45) is 11.9. The summed E-state index contributed by atoms with van der Waals surface area (Å²) in [7, 11) is 0. The highest BCUT2D eigenvalue weighted by atomic mass is 16.5. The highest BCUT2D eigenvalue weighted by Gasteiger charge is 2.45. The number of aromatic nitrogens is 5. The number of pyridine rings is 1. The Hall–Kier alpha value is -3.03. The van der Waals surface area contributed by atoms with Gasteiger partial charge < -0.3 is 14.4 Å². The molecule has 1 saturated heterocycles. The smallest absolute Gasteiger partial charge is 0.271 e. The maximum atomic E-state index is 12.6.